The van der Waals surface area contributed by atoms with Gasteiger partial charge in [0.25, 0.3) is 16.0 Å². The minimum Gasteiger partial charge on any atom is -0.277 e. The minimum absolute atomic E-state index is 0.00695. The summed E-state index contributed by atoms with van der Waals surface area (Å²) in [6, 6.07) is 6.38. The Bertz CT molecular complexity index is 643. The highest BCUT2D eigenvalue weighted by Crippen LogP contribution is 2.58. The van der Waals surface area contributed by atoms with Crippen molar-refractivity contribution in [1.82, 2.24) is 4.31 Å². The number of rotatable bonds is 6. The van der Waals surface area contributed by atoms with Gasteiger partial charge in [0.15, 0.2) is 0 Å². The zero-order valence-corrected chi connectivity index (χ0v) is 13.1. The van der Waals surface area contributed by atoms with Gasteiger partial charge in [0.05, 0.1) is 23.3 Å². The second-order valence-electron chi connectivity index (χ2n) is 4.66. The molecule has 1 aromatic rings. The highest BCUT2D eigenvalue weighted by molar-refractivity contribution is 8.23. The molecule has 1 amide bonds. The molecule has 0 aromatic heterocycles. The third-order valence-electron chi connectivity index (χ3n) is 3.00. The molecular formula is C12H17NO6S2. The van der Waals surface area contributed by atoms with Crippen molar-refractivity contribution in [2.45, 2.75) is 17.7 Å². The Morgan fingerprint density at radius 2 is 1.90 bits per heavy atom. The first-order valence-corrected chi connectivity index (χ1v) is 9.59. The molecule has 118 valence electrons. The summed E-state index contributed by atoms with van der Waals surface area (Å²) in [5.41, 5.74) is 0.296. The van der Waals surface area contributed by atoms with Crippen molar-refractivity contribution in [2.24, 2.45) is 0 Å². The highest BCUT2D eigenvalue weighted by atomic mass is 32.3. The van der Waals surface area contributed by atoms with Gasteiger partial charge in [0.1, 0.15) is 0 Å². The lowest BCUT2D eigenvalue weighted by Gasteiger charge is -2.36. The SMILES string of the molecule is CS(=O)(=O)OCCCCN1C(=O)c2ccccc2S1(O)O. The number of hydrogen-bond acceptors (Lipinski definition) is 6. The Balaban J connectivity index is 1.95. The largest absolute Gasteiger partial charge is 0.277 e. The molecule has 0 saturated heterocycles. The summed E-state index contributed by atoms with van der Waals surface area (Å²) in [5.74, 6) is -0.422. The first-order chi connectivity index (χ1) is 9.73. The number of fused-ring (bicyclic) bond motifs is 1. The van der Waals surface area contributed by atoms with E-state index in [0.29, 0.717) is 18.4 Å². The van der Waals surface area contributed by atoms with Crippen LogP contribution in [0.1, 0.15) is 23.2 Å². The Morgan fingerprint density at radius 1 is 1.24 bits per heavy atom. The molecule has 7 nitrogen and oxygen atoms in total. The lowest BCUT2D eigenvalue weighted by molar-refractivity contribution is 0.0859. The Morgan fingerprint density at radius 3 is 2.52 bits per heavy atom. The summed E-state index contributed by atoms with van der Waals surface area (Å²) < 4.78 is 47.6. The van der Waals surface area contributed by atoms with Crippen LogP contribution in [0.15, 0.2) is 29.2 Å². The molecule has 0 spiro atoms. The first kappa shape index (κ1) is 16.2. The standard InChI is InChI=1S/C12H17NO6S2/c1-20(15,16)19-9-5-4-8-13-12(14)10-6-2-3-7-11(10)21(13,17)18/h2-3,6-7,17-18H,4-5,8-9H2,1H3. The van der Waals surface area contributed by atoms with Crippen LogP contribution in [0.3, 0.4) is 0 Å². The van der Waals surface area contributed by atoms with Crippen LogP contribution in [-0.2, 0) is 14.3 Å². The second-order valence-corrected chi connectivity index (χ2v) is 8.22. The molecule has 0 atom stereocenters. The van der Waals surface area contributed by atoms with Gasteiger partial charge in [-0.1, -0.05) is 22.9 Å². The van der Waals surface area contributed by atoms with E-state index in [1.165, 1.54) is 6.07 Å². The smallest absolute Gasteiger partial charge is 0.274 e. The van der Waals surface area contributed by atoms with E-state index in [1.807, 2.05) is 0 Å². The number of nitrogens with zero attached hydrogens (tertiary/aromatic N) is 1. The molecule has 0 bridgehead atoms. The van der Waals surface area contributed by atoms with Crippen LogP contribution in [0.4, 0.5) is 0 Å². The van der Waals surface area contributed by atoms with Crippen LogP contribution in [0, 0.1) is 0 Å². The van der Waals surface area contributed by atoms with E-state index in [2.05, 4.69) is 4.18 Å². The molecule has 0 fully saturated rings. The third kappa shape index (κ3) is 3.55. The van der Waals surface area contributed by atoms with Gasteiger partial charge in [-0.2, -0.15) is 8.42 Å². The quantitative estimate of drug-likeness (QED) is 0.608. The fraction of sp³-hybridized carbons (Fsp3) is 0.417. The van der Waals surface area contributed by atoms with E-state index in [-0.39, 0.29) is 18.0 Å². The van der Waals surface area contributed by atoms with Gasteiger partial charge in [-0.15, -0.1) is 0 Å². The molecule has 0 unspecified atom stereocenters. The summed E-state index contributed by atoms with van der Waals surface area (Å²) in [4.78, 5) is 12.4. The summed E-state index contributed by atoms with van der Waals surface area (Å²) >= 11 is 0. The lowest BCUT2D eigenvalue weighted by Crippen LogP contribution is -2.28. The third-order valence-corrected chi connectivity index (χ3v) is 5.50. The van der Waals surface area contributed by atoms with Gasteiger partial charge in [0.2, 0.25) is 0 Å². The van der Waals surface area contributed by atoms with E-state index >= 15 is 0 Å². The first-order valence-electron chi connectivity index (χ1n) is 6.27. The average Bonchev–Trinajstić information content (AvgIpc) is 2.58. The zero-order valence-electron chi connectivity index (χ0n) is 11.4. The normalized spacial score (nSPS) is 18.6. The van der Waals surface area contributed by atoms with E-state index in [4.69, 9.17) is 0 Å². The number of carbonyl (C=O) groups excluding carboxylic acids is 1. The van der Waals surface area contributed by atoms with Gasteiger partial charge in [0, 0.05) is 6.54 Å². The maximum atomic E-state index is 12.1. The Hall–Kier alpha value is -1.13. The molecule has 0 saturated carbocycles. The molecule has 9 heteroatoms. The fourth-order valence-corrected chi connectivity index (χ4v) is 4.13. The molecule has 0 aliphatic carbocycles. The molecule has 1 aromatic carbocycles. The number of unbranched alkanes of at least 4 members (excludes halogenated alkanes) is 1. The topological polar surface area (TPSA) is 104 Å². The maximum Gasteiger partial charge on any atom is 0.274 e. The van der Waals surface area contributed by atoms with Crippen molar-refractivity contribution in [2.75, 3.05) is 19.4 Å². The molecular weight excluding hydrogens is 318 g/mol. The van der Waals surface area contributed by atoms with Crippen molar-refractivity contribution in [1.29, 1.82) is 0 Å². The summed E-state index contributed by atoms with van der Waals surface area (Å²) in [5, 5.41) is 0. The van der Waals surface area contributed by atoms with Crippen LogP contribution in [0.2, 0.25) is 0 Å². The lowest BCUT2D eigenvalue weighted by atomic mass is 10.2. The van der Waals surface area contributed by atoms with Crippen molar-refractivity contribution < 1.29 is 26.5 Å². The molecule has 0 radical (unpaired) electrons. The van der Waals surface area contributed by atoms with Gasteiger partial charge in [-0.3, -0.25) is 18.1 Å². The predicted octanol–water partition coefficient (Wildman–Crippen LogP) is 1.92. The fourth-order valence-electron chi connectivity index (χ4n) is 2.05. The zero-order chi connectivity index (χ0) is 15.7. The Kier molecular flexibility index (Phi) is 4.59. The van der Waals surface area contributed by atoms with E-state index in [9.17, 15) is 22.3 Å². The number of amides is 1. The molecule has 1 heterocycles. The van der Waals surface area contributed by atoms with E-state index in [1.54, 1.807) is 18.2 Å². The Labute approximate surface area is 125 Å². The van der Waals surface area contributed by atoms with Gasteiger partial charge in [-0.05, 0) is 25.0 Å². The van der Waals surface area contributed by atoms with Crippen molar-refractivity contribution in [3.05, 3.63) is 29.8 Å². The van der Waals surface area contributed by atoms with E-state index in [0.717, 1.165) is 10.6 Å². The van der Waals surface area contributed by atoms with Crippen LogP contribution in [0.25, 0.3) is 0 Å². The minimum atomic E-state index is -3.48. The number of hydrogen-bond donors (Lipinski definition) is 2. The molecule has 1 aliphatic rings. The summed E-state index contributed by atoms with van der Waals surface area (Å²) in [6.45, 7) is 0.135. The average molecular weight is 335 g/mol. The van der Waals surface area contributed by atoms with Crippen molar-refractivity contribution >= 4 is 26.8 Å². The molecule has 21 heavy (non-hydrogen) atoms. The van der Waals surface area contributed by atoms with Crippen LogP contribution >= 0.6 is 10.8 Å². The van der Waals surface area contributed by atoms with E-state index < -0.39 is 26.8 Å². The van der Waals surface area contributed by atoms with Gasteiger partial charge >= 0.3 is 0 Å². The van der Waals surface area contributed by atoms with Gasteiger partial charge in [-0.25, -0.2) is 4.31 Å². The molecule has 2 N–H and O–H groups in total. The summed E-state index contributed by atoms with van der Waals surface area (Å²) in [7, 11) is -6.76. The van der Waals surface area contributed by atoms with Crippen molar-refractivity contribution in [3.63, 3.8) is 0 Å². The van der Waals surface area contributed by atoms with Gasteiger partial charge < -0.3 is 0 Å². The van der Waals surface area contributed by atoms with Crippen LogP contribution < -0.4 is 0 Å². The van der Waals surface area contributed by atoms with Crippen molar-refractivity contribution in [3.8, 4) is 0 Å². The molecule has 1 aliphatic heterocycles. The highest BCUT2D eigenvalue weighted by Gasteiger charge is 2.40. The monoisotopic (exact) mass is 335 g/mol. The summed E-state index contributed by atoms with van der Waals surface area (Å²) in [6.07, 6.45) is 1.76. The second kappa shape index (κ2) is 5.93. The number of benzene rings is 1. The molecule has 2 rings (SSSR count). The maximum absolute atomic E-state index is 12.1. The predicted molar refractivity (Wildman–Crippen MR) is 78.6 cm³/mol. The number of carbonyl (C=O) groups is 1. The van der Waals surface area contributed by atoms with Crippen LogP contribution in [0.5, 0.6) is 0 Å². The van der Waals surface area contributed by atoms with Crippen LogP contribution in [-0.4, -0.2) is 47.1 Å².